The van der Waals surface area contributed by atoms with Crippen LogP contribution in [0.25, 0.3) is 0 Å². The second-order valence-electron chi connectivity index (χ2n) is 2.59. The van der Waals surface area contributed by atoms with Crippen molar-refractivity contribution in [2.24, 2.45) is 11.8 Å². The van der Waals surface area contributed by atoms with Gasteiger partial charge in [-0.3, -0.25) is 0 Å². The first kappa shape index (κ1) is 6.99. The van der Waals surface area contributed by atoms with Crippen LogP contribution in [-0.2, 0) is 0 Å². The molecule has 0 aliphatic heterocycles. The van der Waals surface area contributed by atoms with E-state index in [4.69, 9.17) is 15.3 Å². The molecule has 1 aliphatic rings. The summed E-state index contributed by atoms with van der Waals surface area (Å²) in [6.45, 7) is 0.0781. The molecular formula is C6H12O3. The van der Waals surface area contributed by atoms with Gasteiger partial charge in [-0.15, -0.1) is 0 Å². The summed E-state index contributed by atoms with van der Waals surface area (Å²) in [5, 5.41) is 26.1. The van der Waals surface area contributed by atoms with Crippen molar-refractivity contribution in [2.75, 3.05) is 13.2 Å². The van der Waals surface area contributed by atoms with Crippen LogP contribution in [0.2, 0.25) is 0 Å². The monoisotopic (exact) mass is 132 g/mol. The number of hydrogen-bond donors (Lipinski definition) is 3. The summed E-state index contributed by atoms with van der Waals surface area (Å²) in [4.78, 5) is 0. The Labute approximate surface area is 53.9 Å². The predicted octanol–water partition coefficient (Wildman–Crippen LogP) is -1.03. The van der Waals surface area contributed by atoms with E-state index in [1.165, 1.54) is 0 Å². The molecule has 1 rings (SSSR count). The highest BCUT2D eigenvalue weighted by Gasteiger charge is 2.38. The maximum absolute atomic E-state index is 8.94. The summed E-state index contributed by atoms with van der Waals surface area (Å²) in [6.07, 6.45) is 0.258. The fourth-order valence-electron chi connectivity index (χ4n) is 1.26. The first-order chi connectivity index (χ1) is 4.29. The minimum atomic E-state index is -0.382. The molecule has 1 aliphatic carbocycles. The lowest BCUT2D eigenvalue weighted by Gasteiger charge is -2.39. The highest BCUT2D eigenvalue weighted by atomic mass is 16.3. The van der Waals surface area contributed by atoms with E-state index in [9.17, 15) is 0 Å². The molecule has 3 heteroatoms. The Morgan fingerprint density at radius 3 is 2.11 bits per heavy atom. The summed E-state index contributed by atoms with van der Waals surface area (Å²) in [7, 11) is 0. The van der Waals surface area contributed by atoms with Crippen LogP contribution in [0.4, 0.5) is 0 Å². The quantitative estimate of drug-likeness (QED) is 0.450. The maximum atomic E-state index is 8.94. The first-order valence-electron chi connectivity index (χ1n) is 3.19. The number of hydrogen-bond acceptors (Lipinski definition) is 3. The molecule has 0 saturated heterocycles. The Morgan fingerprint density at radius 2 is 1.89 bits per heavy atom. The minimum Gasteiger partial charge on any atom is -0.396 e. The zero-order chi connectivity index (χ0) is 6.85. The average molecular weight is 132 g/mol. The molecule has 54 valence electrons. The van der Waals surface area contributed by atoms with Crippen LogP contribution in [0.5, 0.6) is 0 Å². The van der Waals surface area contributed by atoms with Gasteiger partial charge in [0.15, 0.2) is 0 Å². The van der Waals surface area contributed by atoms with Gasteiger partial charge in [-0.1, -0.05) is 0 Å². The van der Waals surface area contributed by atoms with E-state index in [-0.39, 0.29) is 31.2 Å². The van der Waals surface area contributed by atoms with Crippen molar-refractivity contribution in [1.29, 1.82) is 0 Å². The van der Waals surface area contributed by atoms with Gasteiger partial charge in [-0.2, -0.15) is 0 Å². The van der Waals surface area contributed by atoms with Crippen LogP contribution in [0.1, 0.15) is 6.42 Å². The molecule has 0 aromatic carbocycles. The Bertz CT molecular complexity index is 94.3. The third-order valence-electron chi connectivity index (χ3n) is 2.09. The van der Waals surface area contributed by atoms with Crippen LogP contribution < -0.4 is 0 Å². The molecule has 1 fully saturated rings. The van der Waals surface area contributed by atoms with Gasteiger partial charge in [0.05, 0.1) is 6.10 Å². The standard InChI is InChI=1S/C6H12O3/c7-2-4-1-6(9)5(4)3-8/h4-9H,1-3H2/t4-,5-,6-/m1/s1. The Hall–Kier alpha value is -0.120. The summed E-state index contributed by atoms with van der Waals surface area (Å²) < 4.78 is 0. The zero-order valence-electron chi connectivity index (χ0n) is 5.20. The highest BCUT2D eigenvalue weighted by molar-refractivity contribution is 4.87. The van der Waals surface area contributed by atoms with E-state index in [0.29, 0.717) is 6.42 Å². The van der Waals surface area contributed by atoms with Gasteiger partial charge in [0.1, 0.15) is 0 Å². The average Bonchev–Trinajstić information content (AvgIpc) is 1.83. The fraction of sp³-hybridized carbons (Fsp3) is 1.00. The van der Waals surface area contributed by atoms with Crippen LogP contribution in [0, 0.1) is 11.8 Å². The van der Waals surface area contributed by atoms with E-state index in [1.807, 2.05) is 0 Å². The number of aliphatic hydroxyl groups is 3. The normalized spacial score (nSPS) is 42.3. The van der Waals surface area contributed by atoms with Crippen molar-refractivity contribution >= 4 is 0 Å². The molecule has 3 atom stereocenters. The molecule has 0 unspecified atom stereocenters. The summed E-state index contributed by atoms with van der Waals surface area (Å²) in [6, 6.07) is 0. The van der Waals surface area contributed by atoms with Gasteiger partial charge in [-0.05, 0) is 12.3 Å². The third-order valence-corrected chi connectivity index (χ3v) is 2.09. The van der Waals surface area contributed by atoms with Crippen molar-refractivity contribution in [2.45, 2.75) is 12.5 Å². The molecule has 0 radical (unpaired) electrons. The lowest BCUT2D eigenvalue weighted by molar-refractivity contribution is -0.0777. The molecular weight excluding hydrogens is 120 g/mol. The van der Waals surface area contributed by atoms with Crippen LogP contribution in [0.3, 0.4) is 0 Å². The zero-order valence-corrected chi connectivity index (χ0v) is 5.20. The Morgan fingerprint density at radius 1 is 1.22 bits per heavy atom. The van der Waals surface area contributed by atoms with Gasteiger partial charge < -0.3 is 15.3 Å². The topological polar surface area (TPSA) is 60.7 Å². The van der Waals surface area contributed by atoms with E-state index in [1.54, 1.807) is 0 Å². The molecule has 0 aromatic heterocycles. The summed E-state index contributed by atoms with van der Waals surface area (Å²) >= 11 is 0. The van der Waals surface area contributed by atoms with E-state index < -0.39 is 0 Å². The SMILES string of the molecule is OC[C@H]1C[C@@H](O)[C@@H]1CO. The Balaban J connectivity index is 2.29. The Kier molecular flexibility index (Phi) is 2.05. The van der Waals surface area contributed by atoms with Crippen LogP contribution in [-0.4, -0.2) is 34.6 Å². The molecule has 0 heterocycles. The molecule has 0 bridgehead atoms. The molecule has 0 aromatic rings. The van der Waals surface area contributed by atoms with Gasteiger partial charge >= 0.3 is 0 Å². The smallest absolute Gasteiger partial charge is 0.0597 e. The van der Waals surface area contributed by atoms with E-state index in [2.05, 4.69) is 0 Å². The van der Waals surface area contributed by atoms with Crippen molar-refractivity contribution in [3.63, 3.8) is 0 Å². The second-order valence-corrected chi connectivity index (χ2v) is 2.59. The van der Waals surface area contributed by atoms with E-state index >= 15 is 0 Å². The molecule has 0 amide bonds. The molecule has 9 heavy (non-hydrogen) atoms. The number of rotatable bonds is 2. The number of aliphatic hydroxyl groups excluding tert-OH is 3. The van der Waals surface area contributed by atoms with Crippen molar-refractivity contribution in [3.05, 3.63) is 0 Å². The van der Waals surface area contributed by atoms with E-state index in [0.717, 1.165) is 0 Å². The van der Waals surface area contributed by atoms with Gasteiger partial charge in [0, 0.05) is 19.1 Å². The van der Waals surface area contributed by atoms with Crippen LogP contribution >= 0.6 is 0 Å². The van der Waals surface area contributed by atoms with Gasteiger partial charge in [0.2, 0.25) is 0 Å². The third kappa shape index (κ3) is 1.08. The first-order valence-corrected chi connectivity index (χ1v) is 3.19. The molecule has 1 saturated carbocycles. The summed E-state index contributed by atoms with van der Waals surface area (Å²) in [5.74, 6) is 0.0556. The van der Waals surface area contributed by atoms with Crippen molar-refractivity contribution in [1.82, 2.24) is 0 Å². The largest absolute Gasteiger partial charge is 0.396 e. The minimum absolute atomic E-state index is 0.00755. The molecule has 0 spiro atoms. The molecule has 3 N–H and O–H groups in total. The predicted molar refractivity (Wildman–Crippen MR) is 31.8 cm³/mol. The lowest BCUT2D eigenvalue weighted by Crippen LogP contribution is -2.45. The van der Waals surface area contributed by atoms with Crippen LogP contribution in [0.15, 0.2) is 0 Å². The molecule has 3 nitrogen and oxygen atoms in total. The second kappa shape index (κ2) is 2.64. The highest BCUT2D eigenvalue weighted by Crippen LogP contribution is 2.33. The summed E-state index contributed by atoms with van der Waals surface area (Å²) in [5.41, 5.74) is 0. The fourth-order valence-corrected chi connectivity index (χ4v) is 1.26. The van der Waals surface area contributed by atoms with Crippen molar-refractivity contribution < 1.29 is 15.3 Å². The van der Waals surface area contributed by atoms with Gasteiger partial charge in [0.25, 0.3) is 0 Å². The van der Waals surface area contributed by atoms with Crippen molar-refractivity contribution in [3.8, 4) is 0 Å². The maximum Gasteiger partial charge on any atom is 0.0597 e. The lowest BCUT2D eigenvalue weighted by atomic mass is 9.72. The van der Waals surface area contributed by atoms with Gasteiger partial charge in [-0.25, -0.2) is 0 Å².